The topological polar surface area (TPSA) is 37.4 Å². The van der Waals surface area contributed by atoms with E-state index in [4.69, 9.17) is 0 Å². The Kier molecular flexibility index (Phi) is 5.87. The zero-order chi connectivity index (χ0) is 16.1. The highest BCUT2D eigenvalue weighted by atomic mass is 32.2. The number of amides is 1. The molecule has 126 valence electrons. The second kappa shape index (κ2) is 8.09. The van der Waals surface area contributed by atoms with Crippen LogP contribution in [-0.2, 0) is 16.6 Å². The highest BCUT2D eigenvalue weighted by Crippen LogP contribution is 2.25. The fourth-order valence-electron chi connectivity index (χ4n) is 3.71. The lowest BCUT2D eigenvalue weighted by Gasteiger charge is -2.20. The molecule has 1 amide bonds. The van der Waals surface area contributed by atoms with E-state index in [1.165, 1.54) is 32.1 Å². The van der Waals surface area contributed by atoms with Crippen LogP contribution in [-0.4, -0.2) is 33.9 Å². The summed E-state index contributed by atoms with van der Waals surface area (Å²) < 4.78 is 12.3. The summed E-state index contributed by atoms with van der Waals surface area (Å²) in [5.41, 5.74) is 1.84. The van der Waals surface area contributed by atoms with Crippen molar-refractivity contribution in [3.63, 3.8) is 0 Å². The molecule has 2 fully saturated rings. The Morgan fingerprint density at radius 3 is 2.30 bits per heavy atom. The van der Waals surface area contributed by atoms with Gasteiger partial charge in [0.25, 0.3) is 5.91 Å². The lowest BCUT2D eigenvalue weighted by atomic mass is 9.91. The largest absolute Gasteiger partial charge is 0.339 e. The zero-order valence-corrected chi connectivity index (χ0v) is 14.7. The van der Waals surface area contributed by atoms with E-state index in [2.05, 4.69) is 0 Å². The molecular weight excluding hydrogens is 306 g/mol. The van der Waals surface area contributed by atoms with Crippen LogP contribution < -0.4 is 0 Å². The standard InChI is InChI=1S/C19H27NO2S/c21-19(20-12-4-5-13-20)18-10-8-17(9-11-18)15-23(22)14-16-6-2-1-3-7-16/h8-11,16H,1-7,12-15H2/t23-/m0/s1. The molecule has 1 aromatic rings. The van der Waals surface area contributed by atoms with Crippen molar-refractivity contribution >= 4 is 16.7 Å². The van der Waals surface area contributed by atoms with Crippen molar-refractivity contribution in [1.29, 1.82) is 0 Å². The molecule has 1 aliphatic heterocycles. The predicted octanol–water partition coefficient (Wildman–Crippen LogP) is 3.75. The van der Waals surface area contributed by atoms with Gasteiger partial charge in [0.2, 0.25) is 0 Å². The number of hydrogen-bond acceptors (Lipinski definition) is 2. The van der Waals surface area contributed by atoms with Crippen molar-refractivity contribution < 1.29 is 9.00 Å². The highest BCUT2D eigenvalue weighted by Gasteiger charge is 2.20. The van der Waals surface area contributed by atoms with Crippen molar-refractivity contribution in [2.24, 2.45) is 5.92 Å². The summed E-state index contributed by atoms with van der Waals surface area (Å²) in [6.45, 7) is 1.76. The monoisotopic (exact) mass is 333 g/mol. The van der Waals surface area contributed by atoms with Crippen LogP contribution in [0, 0.1) is 5.92 Å². The molecule has 2 aliphatic rings. The van der Waals surface area contributed by atoms with Gasteiger partial charge in [-0.3, -0.25) is 9.00 Å². The number of carbonyl (C=O) groups is 1. The molecule has 0 N–H and O–H groups in total. The van der Waals surface area contributed by atoms with E-state index >= 15 is 0 Å². The van der Waals surface area contributed by atoms with Gasteiger partial charge >= 0.3 is 0 Å². The number of carbonyl (C=O) groups excluding carboxylic acids is 1. The van der Waals surface area contributed by atoms with Gasteiger partial charge in [0, 0.05) is 41.0 Å². The zero-order valence-electron chi connectivity index (χ0n) is 13.8. The average molecular weight is 333 g/mol. The van der Waals surface area contributed by atoms with Crippen LogP contribution in [0.25, 0.3) is 0 Å². The molecule has 1 atom stereocenters. The molecule has 3 nitrogen and oxygen atoms in total. The number of likely N-dealkylation sites (tertiary alicyclic amines) is 1. The van der Waals surface area contributed by atoms with Gasteiger partial charge in [-0.2, -0.15) is 0 Å². The maximum absolute atomic E-state index is 12.3. The summed E-state index contributed by atoms with van der Waals surface area (Å²) in [6, 6.07) is 7.74. The molecule has 23 heavy (non-hydrogen) atoms. The first-order valence-electron chi connectivity index (χ1n) is 8.95. The lowest BCUT2D eigenvalue weighted by molar-refractivity contribution is 0.0793. The quantitative estimate of drug-likeness (QED) is 0.823. The third kappa shape index (κ3) is 4.66. The van der Waals surface area contributed by atoms with Crippen LogP contribution in [0.5, 0.6) is 0 Å². The summed E-state index contributed by atoms with van der Waals surface area (Å²) in [7, 11) is -0.783. The lowest BCUT2D eigenvalue weighted by Crippen LogP contribution is -2.27. The van der Waals surface area contributed by atoms with Crippen LogP contribution in [0.2, 0.25) is 0 Å². The van der Waals surface area contributed by atoms with E-state index in [-0.39, 0.29) is 5.91 Å². The number of nitrogens with zero attached hydrogens (tertiary/aromatic N) is 1. The molecular formula is C19H27NO2S. The van der Waals surface area contributed by atoms with Gasteiger partial charge in [-0.25, -0.2) is 0 Å². The Bertz CT molecular complexity index is 543. The number of rotatable bonds is 5. The first-order valence-corrected chi connectivity index (χ1v) is 10.4. The summed E-state index contributed by atoms with van der Waals surface area (Å²) in [4.78, 5) is 14.2. The van der Waals surface area contributed by atoms with Crippen molar-refractivity contribution in [1.82, 2.24) is 4.90 Å². The molecule has 3 rings (SSSR count). The summed E-state index contributed by atoms with van der Waals surface area (Å²) in [5.74, 6) is 2.25. The van der Waals surface area contributed by atoms with Gasteiger partial charge < -0.3 is 4.90 Å². The highest BCUT2D eigenvalue weighted by molar-refractivity contribution is 7.84. The fourth-order valence-corrected chi connectivity index (χ4v) is 5.25. The molecule has 1 saturated heterocycles. The fraction of sp³-hybridized carbons (Fsp3) is 0.632. The molecule has 4 heteroatoms. The smallest absolute Gasteiger partial charge is 0.253 e. The molecule has 0 unspecified atom stereocenters. The first kappa shape index (κ1) is 16.7. The van der Waals surface area contributed by atoms with Crippen LogP contribution in [0.1, 0.15) is 60.9 Å². The SMILES string of the molecule is O=C(c1ccc(C[S@@](=O)CC2CCCCC2)cc1)N1CCCC1. The second-order valence-electron chi connectivity index (χ2n) is 6.95. The predicted molar refractivity (Wildman–Crippen MR) is 94.9 cm³/mol. The molecule has 0 bridgehead atoms. The van der Waals surface area contributed by atoms with Crippen molar-refractivity contribution in [2.75, 3.05) is 18.8 Å². The molecule has 1 heterocycles. The molecule has 0 spiro atoms. The normalized spacial score (nSPS) is 20.6. The van der Waals surface area contributed by atoms with Gasteiger partial charge in [-0.05, 0) is 49.3 Å². The van der Waals surface area contributed by atoms with Crippen LogP contribution in [0.15, 0.2) is 24.3 Å². The van der Waals surface area contributed by atoms with Gasteiger partial charge in [0.15, 0.2) is 0 Å². The Hall–Kier alpha value is -1.16. The second-order valence-corrected chi connectivity index (χ2v) is 8.45. The van der Waals surface area contributed by atoms with E-state index < -0.39 is 10.8 Å². The van der Waals surface area contributed by atoms with Gasteiger partial charge in [-0.1, -0.05) is 31.4 Å². The molecule has 0 radical (unpaired) electrons. The summed E-state index contributed by atoms with van der Waals surface area (Å²) in [5, 5.41) is 0. The van der Waals surface area contributed by atoms with Crippen molar-refractivity contribution in [3.05, 3.63) is 35.4 Å². The number of hydrogen-bond donors (Lipinski definition) is 0. The maximum Gasteiger partial charge on any atom is 0.253 e. The summed E-state index contributed by atoms with van der Waals surface area (Å²) >= 11 is 0. The van der Waals surface area contributed by atoms with E-state index in [1.807, 2.05) is 29.2 Å². The molecule has 1 aromatic carbocycles. The van der Waals surface area contributed by atoms with Gasteiger partial charge in [-0.15, -0.1) is 0 Å². The molecule has 1 saturated carbocycles. The third-order valence-corrected chi connectivity index (χ3v) is 6.57. The average Bonchev–Trinajstić information content (AvgIpc) is 3.10. The Labute approximate surface area is 141 Å². The van der Waals surface area contributed by atoms with Crippen LogP contribution in [0.3, 0.4) is 0 Å². The minimum absolute atomic E-state index is 0.136. The Balaban J connectivity index is 1.52. The van der Waals surface area contributed by atoms with Crippen molar-refractivity contribution in [2.45, 2.75) is 50.7 Å². The summed E-state index contributed by atoms with van der Waals surface area (Å²) in [6.07, 6.45) is 8.66. The first-order chi connectivity index (χ1) is 11.2. The van der Waals surface area contributed by atoms with E-state index in [1.54, 1.807) is 0 Å². The molecule has 1 aliphatic carbocycles. The number of benzene rings is 1. The van der Waals surface area contributed by atoms with Crippen molar-refractivity contribution in [3.8, 4) is 0 Å². The van der Waals surface area contributed by atoms with Crippen LogP contribution >= 0.6 is 0 Å². The minimum Gasteiger partial charge on any atom is -0.339 e. The Morgan fingerprint density at radius 2 is 1.65 bits per heavy atom. The van der Waals surface area contributed by atoms with E-state index in [0.717, 1.165) is 42.8 Å². The van der Waals surface area contributed by atoms with Gasteiger partial charge in [0.05, 0.1) is 0 Å². The van der Waals surface area contributed by atoms with E-state index in [9.17, 15) is 9.00 Å². The molecule has 0 aromatic heterocycles. The van der Waals surface area contributed by atoms with E-state index in [0.29, 0.717) is 11.7 Å². The van der Waals surface area contributed by atoms with Gasteiger partial charge in [0.1, 0.15) is 0 Å². The minimum atomic E-state index is -0.783. The Morgan fingerprint density at radius 1 is 1.00 bits per heavy atom. The van der Waals surface area contributed by atoms with Crippen LogP contribution in [0.4, 0.5) is 0 Å². The third-order valence-electron chi connectivity index (χ3n) is 5.07. The maximum atomic E-state index is 12.3.